The first-order valence-corrected chi connectivity index (χ1v) is 7.31. The van der Waals surface area contributed by atoms with Crippen molar-refractivity contribution in [3.8, 4) is 0 Å². The number of aromatic carboxylic acids is 1. The molecule has 2 aromatic rings. The van der Waals surface area contributed by atoms with E-state index in [1.165, 1.54) is 6.07 Å². The van der Waals surface area contributed by atoms with Crippen LogP contribution in [0.5, 0.6) is 0 Å². The van der Waals surface area contributed by atoms with Crippen molar-refractivity contribution >= 4 is 28.7 Å². The third kappa shape index (κ3) is 4.10. The van der Waals surface area contributed by atoms with Gasteiger partial charge in [0.2, 0.25) is 0 Å². The van der Waals surface area contributed by atoms with Gasteiger partial charge in [0, 0.05) is 5.25 Å². The highest BCUT2D eigenvalue weighted by Gasteiger charge is 2.15. The molecule has 0 radical (unpaired) electrons. The van der Waals surface area contributed by atoms with Crippen molar-refractivity contribution in [3.05, 3.63) is 65.7 Å². The molecule has 0 saturated heterocycles. The second kappa shape index (κ2) is 6.95. The highest BCUT2D eigenvalue weighted by molar-refractivity contribution is 8.14. The topological polar surface area (TPSA) is 66.4 Å². The van der Waals surface area contributed by atoms with Gasteiger partial charge in [-0.25, -0.2) is 4.79 Å². The minimum absolute atomic E-state index is 0.0109. The molecule has 1 atom stereocenters. The number of carboxylic acids is 1. The van der Waals surface area contributed by atoms with Crippen molar-refractivity contribution in [2.24, 2.45) is 0 Å². The number of carbonyl (C=O) groups excluding carboxylic acids is 1. The Bertz CT molecular complexity index is 643. The molecule has 0 heterocycles. The fraction of sp³-hybridized carbons (Fsp3) is 0.125. The number of hydrogen-bond acceptors (Lipinski definition) is 3. The Balaban J connectivity index is 2.04. The molecule has 0 saturated carbocycles. The molecule has 0 aliphatic heterocycles. The number of amides is 1. The summed E-state index contributed by atoms with van der Waals surface area (Å²) in [5, 5.41) is 11.4. The zero-order valence-electron chi connectivity index (χ0n) is 11.4. The van der Waals surface area contributed by atoms with E-state index in [1.54, 1.807) is 18.2 Å². The number of nitrogens with one attached hydrogen (secondary N) is 1. The fourth-order valence-electron chi connectivity index (χ4n) is 1.87. The lowest BCUT2D eigenvalue weighted by atomic mass is 10.2. The summed E-state index contributed by atoms with van der Waals surface area (Å²) in [7, 11) is 0. The number of thioether (sulfide) groups is 1. The second-order valence-corrected chi connectivity index (χ2v) is 5.75. The zero-order valence-corrected chi connectivity index (χ0v) is 12.3. The molecular weight excluding hydrogens is 286 g/mol. The molecule has 4 nitrogen and oxygen atoms in total. The highest BCUT2D eigenvalue weighted by atomic mass is 32.2. The average Bonchev–Trinajstić information content (AvgIpc) is 2.48. The molecule has 1 unspecified atom stereocenters. The van der Waals surface area contributed by atoms with Crippen LogP contribution in [0.2, 0.25) is 0 Å². The van der Waals surface area contributed by atoms with Gasteiger partial charge in [0.1, 0.15) is 0 Å². The van der Waals surface area contributed by atoms with Crippen molar-refractivity contribution in [1.29, 1.82) is 0 Å². The van der Waals surface area contributed by atoms with Gasteiger partial charge in [0.05, 0.1) is 11.3 Å². The summed E-state index contributed by atoms with van der Waals surface area (Å²) in [6.45, 7) is 1.93. The second-order valence-electron chi connectivity index (χ2n) is 4.43. The number of hydrogen-bond donors (Lipinski definition) is 2. The smallest absolute Gasteiger partial charge is 0.337 e. The summed E-state index contributed by atoms with van der Waals surface area (Å²) >= 11 is 1.12. The van der Waals surface area contributed by atoms with E-state index in [1.807, 2.05) is 37.3 Å². The Kier molecular flexibility index (Phi) is 5.00. The van der Waals surface area contributed by atoms with Crippen LogP contribution in [0.3, 0.4) is 0 Å². The fourth-order valence-corrected chi connectivity index (χ4v) is 2.65. The molecule has 108 valence electrons. The summed E-state index contributed by atoms with van der Waals surface area (Å²) in [4.78, 5) is 23.1. The van der Waals surface area contributed by atoms with Gasteiger partial charge in [0.25, 0.3) is 5.24 Å². The summed E-state index contributed by atoms with van der Waals surface area (Å²) < 4.78 is 0. The molecule has 2 N–H and O–H groups in total. The normalized spacial score (nSPS) is 11.7. The van der Waals surface area contributed by atoms with E-state index in [2.05, 4.69) is 5.32 Å². The molecule has 1 amide bonds. The quantitative estimate of drug-likeness (QED) is 0.877. The first-order chi connectivity index (χ1) is 10.1. The molecule has 2 aromatic carbocycles. The molecular formula is C16H15NO3S. The third-order valence-electron chi connectivity index (χ3n) is 2.95. The van der Waals surface area contributed by atoms with E-state index in [4.69, 9.17) is 5.11 Å². The molecule has 2 rings (SSSR count). The SMILES string of the molecule is CC(SC(=O)Nc1ccccc1C(=O)O)c1ccccc1. The van der Waals surface area contributed by atoms with Crippen LogP contribution in [0, 0.1) is 0 Å². The number of carboxylic acid groups (broad SMARTS) is 1. The van der Waals surface area contributed by atoms with E-state index in [0.29, 0.717) is 5.69 Å². The van der Waals surface area contributed by atoms with Crippen LogP contribution in [0.1, 0.15) is 28.1 Å². The standard InChI is InChI=1S/C16H15NO3S/c1-11(12-7-3-2-4-8-12)21-16(20)17-14-10-6-5-9-13(14)15(18)19/h2-11H,1H3,(H,17,20)(H,18,19). The molecule has 0 fully saturated rings. The van der Waals surface area contributed by atoms with Crippen LogP contribution < -0.4 is 5.32 Å². The predicted molar refractivity (Wildman–Crippen MR) is 84.9 cm³/mol. The van der Waals surface area contributed by atoms with Gasteiger partial charge >= 0.3 is 5.97 Å². The van der Waals surface area contributed by atoms with Gasteiger partial charge in [-0.2, -0.15) is 0 Å². The van der Waals surface area contributed by atoms with E-state index in [0.717, 1.165) is 17.3 Å². The van der Waals surface area contributed by atoms with Gasteiger partial charge in [-0.3, -0.25) is 4.79 Å². The first-order valence-electron chi connectivity index (χ1n) is 6.43. The van der Waals surface area contributed by atoms with Gasteiger partial charge in [-0.05, 0) is 24.6 Å². The maximum Gasteiger partial charge on any atom is 0.337 e. The van der Waals surface area contributed by atoms with Crippen LogP contribution in [0.4, 0.5) is 10.5 Å². The zero-order chi connectivity index (χ0) is 15.2. The maximum absolute atomic E-state index is 12.0. The van der Waals surface area contributed by atoms with E-state index < -0.39 is 5.97 Å². The number of rotatable bonds is 4. The molecule has 0 aromatic heterocycles. The predicted octanol–water partition coefficient (Wildman–Crippen LogP) is 4.41. The van der Waals surface area contributed by atoms with Crippen LogP contribution in [0.25, 0.3) is 0 Å². The van der Waals surface area contributed by atoms with Crippen LogP contribution in [0.15, 0.2) is 54.6 Å². The summed E-state index contributed by atoms with van der Waals surface area (Å²) in [6, 6.07) is 16.0. The summed E-state index contributed by atoms with van der Waals surface area (Å²) in [5.74, 6) is -1.06. The lowest BCUT2D eigenvalue weighted by molar-refractivity contribution is 0.0698. The van der Waals surface area contributed by atoms with Gasteiger partial charge in [-0.15, -0.1) is 0 Å². The Morgan fingerprint density at radius 1 is 1.05 bits per heavy atom. The number of carbonyl (C=O) groups is 2. The number of para-hydroxylation sites is 1. The van der Waals surface area contributed by atoms with E-state index in [9.17, 15) is 9.59 Å². The Morgan fingerprint density at radius 2 is 1.67 bits per heavy atom. The number of anilines is 1. The van der Waals surface area contributed by atoms with Crippen molar-refractivity contribution in [2.45, 2.75) is 12.2 Å². The van der Waals surface area contributed by atoms with Crippen LogP contribution >= 0.6 is 11.8 Å². The first kappa shape index (κ1) is 15.1. The minimum atomic E-state index is -1.06. The average molecular weight is 301 g/mol. The molecule has 5 heteroatoms. The van der Waals surface area contributed by atoms with Crippen molar-refractivity contribution in [3.63, 3.8) is 0 Å². The molecule has 0 spiro atoms. The largest absolute Gasteiger partial charge is 0.478 e. The Morgan fingerprint density at radius 3 is 2.33 bits per heavy atom. The highest BCUT2D eigenvalue weighted by Crippen LogP contribution is 2.29. The van der Waals surface area contributed by atoms with Gasteiger partial charge < -0.3 is 10.4 Å². The maximum atomic E-state index is 12.0. The minimum Gasteiger partial charge on any atom is -0.478 e. The molecule has 21 heavy (non-hydrogen) atoms. The van der Waals surface area contributed by atoms with Crippen molar-refractivity contribution in [1.82, 2.24) is 0 Å². The molecule has 0 aliphatic carbocycles. The van der Waals surface area contributed by atoms with Crippen molar-refractivity contribution < 1.29 is 14.7 Å². The number of benzene rings is 2. The molecule has 0 bridgehead atoms. The molecule has 0 aliphatic rings. The summed E-state index contributed by atoms with van der Waals surface area (Å²) in [6.07, 6.45) is 0. The summed E-state index contributed by atoms with van der Waals surface area (Å²) in [5.41, 5.74) is 1.44. The Hall–Kier alpha value is -2.27. The van der Waals surface area contributed by atoms with Gasteiger partial charge in [0.15, 0.2) is 0 Å². The lowest BCUT2D eigenvalue weighted by Gasteiger charge is -2.12. The van der Waals surface area contributed by atoms with Crippen molar-refractivity contribution in [2.75, 3.05) is 5.32 Å². The van der Waals surface area contributed by atoms with E-state index in [-0.39, 0.29) is 16.1 Å². The monoisotopic (exact) mass is 301 g/mol. The Labute approximate surface area is 127 Å². The van der Waals surface area contributed by atoms with Crippen LogP contribution in [-0.4, -0.2) is 16.3 Å². The van der Waals surface area contributed by atoms with E-state index >= 15 is 0 Å². The lowest BCUT2D eigenvalue weighted by Crippen LogP contribution is -2.10. The third-order valence-corrected chi connectivity index (χ3v) is 3.89. The van der Waals surface area contributed by atoms with Crippen LogP contribution in [-0.2, 0) is 0 Å². The van der Waals surface area contributed by atoms with Gasteiger partial charge in [-0.1, -0.05) is 54.2 Å².